The fraction of sp³-hybridized carbons (Fsp3) is 0.375. The van der Waals surface area contributed by atoms with Crippen molar-refractivity contribution in [1.82, 2.24) is 14.7 Å². The maximum absolute atomic E-state index is 12.5. The highest BCUT2D eigenvalue weighted by molar-refractivity contribution is 9.10. The van der Waals surface area contributed by atoms with Crippen LogP contribution in [0.3, 0.4) is 0 Å². The van der Waals surface area contributed by atoms with E-state index in [4.69, 9.17) is 9.47 Å². The van der Waals surface area contributed by atoms with Crippen LogP contribution in [-0.4, -0.2) is 41.4 Å². The van der Waals surface area contributed by atoms with Gasteiger partial charge in [-0.15, -0.1) is 0 Å². The van der Waals surface area contributed by atoms with Gasteiger partial charge in [0.1, 0.15) is 6.54 Å². The molecule has 0 N–H and O–H groups in total. The number of nitrogens with zero attached hydrogens (tertiary/aromatic N) is 3. The summed E-state index contributed by atoms with van der Waals surface area (Å²) < 4.78 is 13.2. The lowest BCUT2D eigenvalue weighted by Gasteiger charge is -2.29. The molecule has 1 aliphatic heterocycles. The molecule has 3 rings (SSSR count). The predicted octanol–water partition coefficient (Wildman–Crippen LogP) is 2.25. The Bertz CT molecular complexity index is 729. The highest BCUT2D eigenvalue weighted by Crippen LogP contribution is 2.33. The fourth-order valence-electron chi connectivity index (χ4n) is 2.76. The third-order valence-electron chi connectivity index (χ3n) is 3.97. The Morgan fingerprint density at radius 1 is 1.26 bits per heavy atom. The van der Waals surface area contributed by atoms with Crippen molar-refractivity contribution in [2.45, 2.75) is 19.5 Å². The Morgan fingerprint density at radius 2 is 1.96 bits per heavy atom. The van der Waals surface area contributed by atoms with Crippen LogP contribution in [0.5, 0.6) is 11.5 Å². The molecule has 0 spiro atoms. The van der Waals surface area contributed by atoms with E-state index in [9.17, 15) is 4.79 Å². The minimum atomic E-state index is 0.0565. The quantitative estimate of drug-likeness (QED) is 0.817. The van der Waals surface area contributed by atoms with E-state index in [1.807, 2.05) is 17.0 Å². The number of halogens is 1. The first-order chi connectivity index (χ1) is 11.1. The maximum atomic E-state index is 12.5. The summed E-state index contributed by atoms with van der Waals surface area (Å²) in [6.45, 7) is 1.52. The summed E-state index contributed by atoms with van der Waals surface area (Å²) >= 11 is 3.33. The number of ether oxygens (including phenoxy) is 2. The van der Waals surface area contributed by atoms with E-state index in [0.29, 0.717) is 18.8 Å². The number of carbonyl (C=O) groups excluding carboxylic acids is 1. The van der Waals surface area contributed by atoms with E-state index in [0.717, 1.165) is 22.2 Å². The van der Waals surface area contributed by atoms with E-state index >= 15 is 0 Å². The molecule has 0 aliphatic carbocycles. The van der Waals surface area contributed by atoms with E-state index in [-0.39, 0.29) is 12.5 Å². The Hall–Kier alpha value is -2.02. The molecular weight excluding hydrogens is 362 g/mol. The summed E-state index contributed by atoms with van der Waals surface area (Å²) in [6.07, 6.45) is 4.28. The third-order valence-corrected chi connectivity index (χ3v) is 4.38. The molecule has 1 aromatic heterocycles. The van der Waals surface area contributed by atoms with Crippen molar-refractivity contribution in [3.8, 4) is 11.5 Å². The smallest absolute Gasteiger partial charge is 0.244 e. The van der Waals surface area contributed by atoms with E-state index in [1.165, 1.54) is 5.56 Å². The van der Waals surface area contributed by atoms with Crippen molar-refractivity contribution in [3.05, 3.63) is 40.1 Å². The van der Waals surface area contributed by atoms with Crippen molar-refractivity contribution in [1.29, 1.82) is 0 Å². The average molecular weight is 380 g/mol. The number of benzene rings is 1. The molecule has 23 heavy (non-hydrogen) atoms. The molecule has 1 aliphatic rings. The first kappa shape index (κ1) is 15.9. The SMILES string of the molecule is COc1cc2c(cc1OC)CN(C(=O)Cn1cc(Br)cn1)CC2. The van der Waals surface area contributed by atoms with Crippen molar-refractivity contribution in [2.75, 3.05) is 20.8 Å². The van der Waals surface area contributed by atoms with Gasteiger partial charge in [-0.3, -0.25) is 9.48 Å². The topological polar surface area (TPSA) is 56.6 Å². The van der Waals surface area contributed by atoms with E-state index in [2.05, 4.69) is 21.0 Å². The number of amides is 1. The lowest BCUT2D eigenvalue weighted by Crippen LogP contribution is -2.38. The monoisotopic (exact) mass is 379 g/mol. The molecule has 0 fully saturated rings. The Kier molecular flexibility index (Phi) is 4.56. The highest BCUT2D eigenvalue weighted by Gasteiger charge is 2.23. The number of carbonyl (C=O) groups is 1. The maximum Gasteiger partial charge on any atom is 0.244 e. The largest absolute Gasteiger partial charge is 0.493 e. The van der Waals surface area contributed by atoms with Gasteiger partial charge < -0.3 is 14.4 Å². The summed E-state index contributed by atoms with van der Waals surface area (Å²) in [4.78, 5) is 14.3. The Labute approximate surface area is 143 Å². The van der Waals surface area contributed by atoms with Crippen LogP contribution in [0.1, 0.15) is 11.1 Å². The van der Waals surface area contributed by atoms with Gasteiger partial charge in [0.2, 0.25) is 5.91 Å². The van der Waals surface area contributed by atoms with Crippen LogP contribution in [-0.2, 0) is 24.3 Å². The zero-order valence-corrected chi connectivity index (χ0v) is 14.7. The van der Waals surface area contributed by atoms with Gasteiger partial charge in [-0.2, -0.15) is 5.10 Å². The normalized spacial score (nSPS) is 13.6. The van der Waals surface area contributed by atoms with Crippen molar-refractivity contribution in [2.24, 2.45) is 0 Å². The lowest BCUT2D eigenvalue weighted by atomic mass is 9.98. The number of hydrogen-bond donors (Lipinski definition) is 0. The van der Waals surface area contributed by atoms with Crippen LogP contribution in [0.2, 0.25) is 0 Å². The van der Waals surface area contributed by atoms with Gasteiger partial charge in [0.25, 0.3) is 0 Å². The zero-order valence-electron chi connectivity index (χ0n) is 13.1. The predicted molar refractivity (Wildman–Crippen MR) is 88.6 cm³/mol. The van der Waals surface area contributed by atoms with Gasteiger partial charge in [0.15, 0.2) is 11.5 Å². The first-order valence-corrected chi connectivity index (χ1v) is 8.09. The number of aromatic nitrogens is 2. The minimum absolute atomic E-state index is 0.0565. The van der Waals surface area contributed by atoms with Crippen LogP contribution in [0.15, 0.2) is 29.0 Å². The lowest BCUT2D eigenvalue weighted by molar-refractivity contribution is -0.133. The highest BCUT2D eigenvalue weighted by atomic mass is 79.9. The van der Waals surface area contributed by atoms with Gasteiger partial charge in [0, 0.05) is 19.3 Å². The van der Waals surface area contributed by atoms with Crippen LogP contribution < -0.4 is 9.47 Å². The standard InChI is InChI=1S/C16H18BrN3O3/c1-22-14-5-11-3-4-19(8-12(11)6-15(14)23-2)16(21)10-20-9-13(17)7-18-20/h5-7,9H,3-4,8,10H2,1-2H3. The zero-order chi connectivity index (χ0) is 16.4. The number of hydrogen-bond acceptors (Lipinski definition) is 4. The second-order valence-corrected chi connectivity index (χ2v) is 6.31. The van der Waals surface area contributed by atoms with Gasteiger partial charge in [-0.25, -0.2) is 0 Å². The fourth-order valence-corrected chi connectivity index (χ4v) is 3.09. The molecule has 1 amide bonds. The molecule has 0 bridgehead atoms. The van der Waals surface area contributed by atoms with E-state index in [1.54, 1.807) is 31.3 Å². The van der Waals surface area contributed by atoms with Gasteiger partial charge >= 0.3 is 0 Å². The molecule has 6 nitrogen and oxygen atoms in total. The molecule has 0 saturated carbocycles. The summed E-state index contributed by atoms with van der Waals surface area (Å²) in [5.74, 6) is 1.48. The van der Waals surface area contributed by atoms with Crippen molar-refractivity contribution < 1.29 is 14.3 Å². The molecule has 0 atom stereocenters. The molecule has 7 heteroatoms. The first-order valence-electron chi connectivity index (χ1n) is 7.30. The molecular formula is C16H18BrN3O3. The Morgan fingerprint density at radius 3 is 2.57 bits per heavy atom. The number of methoxy groups -OCH3 is 2. The molecule has 2 aromatic rings. The number of rotatable bonds is 4. The van der Waals surface area contributed by atoms with Crippen LogP contribution in [0.4, 0.5) is 0 Å². The van der Waals surface area contributed by atoms with Gasteiger partial charge in [-0.05, 0) is 45.6 Å². The third kappa shape index (κ3) is 3.34. The second kappa shape index (κ2) is 6.62. The molecule has 0 radical (unpaired) electrons. The van der Waals surface area contributed by atoms with Crippen LogP contribution in [0, 0.1) is 0 Å². The number of fused-ring (bicyclic) bond motifs is 1. The van der Waals surface area contributed by atoms with Gasteiger partial charge in [-0.1, -0.05) is 0 Å². The molecule has 0 unspecified atom stereocenters. The molecule has 122 valence electrons. The van der Waals surface area contributed by atoms with Gasteiger partial charge in [0.05, 0.1) is 24.9 Å². The van der Waals surface area contributed by atoms with E-state index < -0.39 is 0 Å². The van der Waals surface area contributed by atoms with Crippen LogP contribution >= 0.6 is 15.9 Å². The summed E-state index contributed by atoms with van der Waals surface area (Å²) in [5, 5.41) is 4.13. The molecule has 2 heterocycles. The average Bonchev–Trinajstić information content (AvgIpc) is 2.97. The molecule has 1 aromatic carbocycles. The summed E-state index contributed by atoms with van der Waals surface area (Å²) in [5.41, 5.74) is 2.30. The summed E-state index contributed by atoms with van der Waals surface area (Å²) in [6, 6.07) is 3.96. The Balaban J connectivity index is 1.75. The second-order valence-electron chi connectivity index (χ2n) is 5.40. The minimum Gasteiger partial charge on any atom is -0.493 e. The summed E-state index contributed by atoms with van der Waals surface area (Å²) in [7, 11) is 3.25. The van der Waals surface area contributed by atoms with Crippen molar-refractivity contribution >= 4 is 21.8 Å². The van der Waals surface area contributed by atoms with Crippen molar-refractivity contribution in [3.63, 3.8) is 0 Å². The van der Waals surface area contributed by atoms with Crippen LogP contribution in [0.25, 0.3) is 0 Å². The molecule has 0 saturated heterocycles.